The van der Waals surface area contributed by atoms with Crippen molar-refractivity contribution in [3.05, 3.63) is 29.7 Å². The SMILES string of the molecule is CC1(C)OB(c2ccc3c(c2)c2ncnc(Cl)c2n3CC(F)(F)F)OC1(C)C. The number of aromatic nitrogens is 3. The lowest BCUT2D eigenvalue weighted by Crippen LogP contribution is -2.41. The van der Waals surface area contributed by atoms with E-state index >= 15 is 0 Å². The highest BCUT2D eigenvalue weighted by molar-refractivity contribution is 6.62. The van der Waals surface area contributed by atoms with Crippen molar-refractivity contribution in [2.24, 2.45) is 0 Å². The van der Waals surface area contributed by atoms with Crippen LogP contribution in [0, 0.1) is 0 Å². The Morgan fingerprint density at radius 3 is 2.36 bits per heavy atom. The molecule has 0 atom stereocenters. The number of hydrogen-bond acceptors (Lipinski definition) is 4. The van der Waals surface area contributed by atoms with E-state index in [4.69, 9.17) is 20.9 Å². The number of hydrogen-bond donors (Lipinski definition) is 0. The lowest BCUT2D eigenvalue weighted by molar-refractivity contribution is -0.139. The zero-order chi connectivity index (χ0) is 20.5. The fourth-order valence-electron chi connectivity index (χ4n) is 3.36. The standard InChI is InChI=1S/C18H18BClF3N3O2/c1-16(2)17(3,4)28-19(27-16)10-5-6-12-11(7-10)13-14(15(20)25-9-24-13)26(12)8-18(21,22)23/h5-7,9H,8H2,1-4H3. The molecule has 0 spiro atoms. The Balaban J connectivity index is 1.89. The van der Waals surface area contributed by atoms with Gasteiger partial charge in [0.05, 0.1) is 16.7 Å². The van der Waals surface area contributed by atoms with E-state index in [0.29, 0.717) is 21.9 Å². The van der Waals surface area contributed by atoms with Gasteiger partial charge in [0, 0.05) is 5.39 Å². The van der Waals surface area contributed by atoms with Gasteiger partial charge in [0.2, 0.25) is 0 Å². The van der Waals surface area contributed by atoms with Crippen LogP contribution in [0.3, 0.4) is 0 Å². The van der Waals surface area contributed by atoms with Crippen LogP contribution in [0.15, 0.2) is 24.5 Å². The molecule has 5 nitrogen and oxygen atoms in total. The van der Waals surface area contributed by atoms with Gasteiger partial charge in [-0.2, -0.15) is 13.2 Å². The van der Waals surface area contributed by atoms with E-state index in [1.54, 1.807) is 18.2 Å². The maximum atomic E-state index is 13.2. The lowest BCUT2D eigenvalue weighted by Gasteiger charge is -2.32. The molecule has 3 heterocycles. The van der Waals surface area contributed by atoms with Crippen LogP contribution in [-0.2, 0) is 15.9 Å². The predicted molar refractivity (Wildman–Crippen MR) is 102 cm³/mol. The summed E-state index contributed by atoms with van der Waals surface area (Å²) in [5.74, 6) is 0. The molecule has 28 heavy (non-hydrogen) atoms. The van der Waals surface area contributed by atoms with Gasteiger partial charge in [-0.3, -0.25) is 0 Å². The highest BCUT2D eigenvalue weighted by atomic mass is 35.5. The summed E-state index contributed by atoms with van der Waals surface area (Å²) in [6, 6.07) is 5.06. The third-order valence-electron chi connectivity index (χ3n) is 5.48. The Morgan fingerprint density at radius 2 is 1.75 bits per heavy atom. The summed E-state index contributed by atoms with van der Waals surface area (Å²) in [5, 5.41) is 0.512. The van der Waals surface area contributed by atoms with Gasteiger partial charge < -0.3 is 13.9 Å². The highest BCUT2D eigenvalue weighted by Crippen LogP contribution is 2.37. The third kappa shape index (κ3) is 3.05. The van der Waals surface area contributed by atoms with E-state index in [1.165, 1.54) is 6.33 Å². The zero-order valence-corrected chi connectivity index (χ0v) is 16.5. The van der Waals surface area contributed by atoms with E-state index in [2.05, 4.69) is 9.97 Å². The summed E-state index contributed by atoms with van der Waals surface area (Å²) in [6.07, 6.45) is -3.17. The van der Waals surface area contributed by atoms with Gasteiger partial charge in [0.1, 0.15) is 23.9 Å². The molecule has 0 radical (unpaired) electrons. The van der Waals surface area contributed by atoms with Crippen LogP contribution >= 0.6 is 11.6 Å². The molecule has 10 heteroatoms. The van der Waals surface area contributed by atoms with Crippen molar-refractivity contribution in [2.75, 3.05) is 0 Å². The summed E-state index contributed by atoms with van der Waals surface area (Å²) in [7, 11) is -0.632. The minimum atomic E-state index is -4.41. The summed E-state index contributed by atoms with van der Waals surface area (Å²) in [6.45, 7) is 6.57. The van der Waals surface area contributed by atoms with Crippen LogP contribution in [0.2, 0.25) is 5.15 Å². The van der Waals surface area contributed by atoms with Crippen LogP contribution in [0.1, 0.15) is 27.7 Å². The van der Waals surface area contributed by atoms with E-state index in [9.17, 15) is 13.2 Å². The molecular weight excluding hydrogens is 393 g/mol. The molecule has 0 amide bonds. The monoisotopic (exact) mass is 411 g/mol. The summed E-state index contributed by atoms with van der Waals surface area (Å²) in [4.78, 5) is 8.03. The Labute approximate surface area is 164 Å². The molecule has 0 aliphatic carbocycles. The van der Waals surface area contributed by atoms with Gasteiger partial charge in [-0.1, -0.05) is 23.7 Å². The van der Waals surface area contributed by atoms with Crippen LogP contribution in [0.25, 0.3) is 21.9 Å². The summed E-state index contributed by atoms with van der Waals surface area (Å²) in [5.41, 5.74) is 0.534. The largest absolute Gasteiger partial charge is 0.494 e. The van der Waals surface area contributed by atoms with Gasteiger partial charge in [-0.15, -0.1) is 0 Å². The number of halogens is 4. The second-order valence-corrected chi connectivity index (χ2v) is 8.29. The number of rotatable bonds is 2. The Morgan fingerprint density at radius 1 is 1.11 bits per heavy atom. The minimum Gasteiger partial charge on any atom is -0.399 e. The Bertz CT molecular complexity index is 1070. The average molecular weight is 412 g/mol. The molecule has 1 aliphatic rings. The third-order valence-corrected chi connectivity index (χ3v) is 5.75. The van der Waals surface area contributed by atoms with Crippen molar-refractivity contribution in [2.45, 2.75) is 51.6 Å². The summed E-state index contributed by atoms with van der Waals surface area (Å²) >= 11 is 6.12. The smallest absolute Gasteiger partial charge is 0.399 e. The first-order chi connectivity index (χ1) is 12.9. The van der Waals surface area contributed by atoms with Crippen molar-refractivity contribution in [1.29, 1.82) is 0 Å². The molecule has 1 saturated heterocycles. The molecule has 0 bridgehead atoms. The van der Waals surface area contributed by atoms with E-state index in [1.807, 2.05) is 27.7 Å². The molecule has 0 saturated carbocycles. The number of nitrogens with zero attached hydrogens (tertiary/aromatic N) is 3. The first kappa shape index (κ1) is 19.5. The molecule has 1 aliphatic heterocycles. The first-order valence-corrected chi connectivity index (χ1v) is 9.12. The van der Waals surface area contributed by atoms with Crippen molar-refractivity contribution >= 4 is 46.1 Å². The molecule has 3 aromatic rings. The maximum Gasteiger partial charge on any atom is 0.494 e. The van der Waals surface area contributed by atoms with E-state index < -0.39 is 31.0 Å². The number of alkyl halides is 3. The molecule has 1 fully saturated rings. The van der Waals surface area contributed by atoms with Crippen molar-refractivity contribution in [3.63, 3.8) is 0 Å². The van der Waals surface area contributed by atoms with Gasteiger partial charge >= 0.3 is 13.3 Å². The normalized spacial score (nSPS) is 19.1. The topological polar surface area (TPSA) is 49.2 Å². The first-order valence-electron chi connectivity index (χ1n) is 8.74. The molecule has 4 rings (SSSR count). The van der Waals surface area contributed by atoms with Crippen LogP contribution in [0.4, 0.5) is 13.2 Å². The average Bonchev–Trinajstić information content (AvgIpc) is 2.98. The van der Waals surface area contributed by atoms with E-state index in [0.717, 1.165) is 4.57 Å². The number of benzene rings is 1. The van der Waals surface area contributed by atoms with Crippen LogP contribution in [-0.4, -0.2) is 39.0 Å². The molecular formula is C18H18BClF3N3O2. The van der Waals surface area contributed by atoms with Gasteiger partial charge in [0.25, 0.3) is 0 Å². The van der Waals surface area contributed by atoms with Crippen molar-refractivity contribution in [3.8, 4) is 0 Å². The molecule has 0 N–H and O–H groups in total. The zero-order valence-electron chi connectivity index (χ0n) is 15.8. The summed E-state index contributed by atoms with van der Waals surface area (Å²) < 4.78 is 52.7. The van der Waals surface area contributed by atoms with Crippen molar-refractivity contribution < 1.29 is 22.5 Å². The molecule has 2 aromatic heterocycles. The van der Waals surface area contributed by atoms with Crippen molar-refractivity contribution in [1.82, 2.24) is 14.5 Å². The Hall–Kier alpha value is -1.84. The minimum absolute atomic E-state index is 0.0253. The van der Waals surface area contributed by atoms with E-state index in [-0.39, 0.29) is 10.7 Å². The molecule has 148 valence electrons. The maximum absolute atomic E-state index is 13.2. The second-order valence-electron chi connectivity index (χ2n) is 7.93. The molecule has 0 unspecified atom stereocenters. The lowest BCUT2D eigenvalue weighted by atomic mass is 9.78. The van der Waals surface area contributed by atoms with Gasteiger partial charge in [-0.05, 0) is 39.2 Å². The molecule has 1 aromatic carbocycles. The number of fused-ring (bicyclic) bond motifs is 3. The van der Waals surface area contributed by atoms with Crippen LogP contribution in [0.5, 0.6) is 0 Å². The van der Waals surface area contributed by atoms with Gasteiger partial charge in [0.15, 0.2) is 5.15 Å². The van der Waals surface area contributed by atoms with Gasteiger partial charge in [-0.25, -0.2) is 9.97 Å². The van der Waals surface area contributed by atoms with Crippen LogP contribution < -0.4 is 5.46 Å². The highest BCUT2D eigenvalue weighted by Gasteiger charge is 2.51. The quantitative estimate of drug-likeness (QED) is 0.471. The second kappa shape index (κ2) is 6.08. The Kier molecular flexibility index (Phi) is 4.23. The fourth-order valence-corrected chi connectivity index (χ4v) is 3.60. The fraction of sp³-hybridized carbons (Fsp3) is 0.444. The predicted octanol–water partition coefficient (Wildman–Crippen LogP) is 4.10.